The van der Waals surface area contributed by atoms with Gasteiger partial charge in [-0.05, 0) is 192 Å². The van der Waals surface area contributed by atoms with Crippen LogP contribution in [0.1, 0.15) is 0 Å². The summed E-state index contributed by atoms with van der Waals surface area (Å²) in [5.41, 5.74) is 22.5. The van der Waals surface area contributed by atoms with Gasteiger partial charge in [-0.25, -0.2) is 0 Å². The summed E-state index contributed by atoms with van der Waals surface area (Å²) < 4.78 is 0. The molecule has 0 aliphatic rings. The van der Waals surface area contributed by atoms with Crippen LogP contribution in [0.3, 0.4) is 0 Å². The van der Waals surface area contributed by atoms with Crippen molar-refractivity contribution in [2.45, 2.75) is 0 Å². The molecule has 0 aliphatic carbocycles. The first-order chi connectivity index (χ1) is 48.7. The number of hydrogen-bond donors (Lipinski definition) is 0. The molecule has 0 heteroatoms. The molecule has 0 heterocycles. The fourth-order valence-corrected chi connectivity index (χ4v) is 15.8. The molecule has 0 amide bonds. The van der Waals surface area contributed by atoms with Gasteiger partial charge in [-0.1, -0.05) is 382 Å². The average molecular weight is 1240 g/mol. The molecular weight excluding hydrogens is 1180 g/mol. The van der Waals surface area contributed by atoms with Crippen LogP contribution in [0.15, 0.2) is 388 Å². The second-order valence-corrected chi connectivity index (χ2v) is 25.6. The first kappa shape index (κ1) is 57.9. The molecule has 0 saturated heterocycles. The topological polar surface area (TPSA) is 0 Å². The Bertz CT molecular complexity index is 5880. The van der Waals surface area contributed by atoms with Crippen LogP contribution in [0.25, 0.3) is 186 Å². The van der Waals surface area contributed by atoms with E-state index in [4.69, 9.17) is 0 Å². The maximum Gasteiger partial charge on any atom is -0.00139 e. The van der Waals surface area contributed by atoms with Crippen LogP contribution in [0.2, 0.25) is 0 Å². The molecule has 0 radical (unpaired) electrons. The van der Waals surface area contributed by atoms with Crippen molar-refractivity contribution >= 4 is 86.2 Å². The minimum Gasteiger partial charge on any atom is -0.0622 e. The van der Waals surface area contributed by atoms with Gasteiger partial charge in [-0.15, -0.1) is 0 Å². The summed E-state index contributed by atoms with van der Waals surface area (Å²) in [5, 5.41) is 20.2. The van der Waals surface area contributed by atoms with Gasteiger partial charge in [0.15, 0.2) is 0 Å². The maximum atomic E-state index is 2.33. The summed E-state index contributed by atoms with van der Waals surface area (Å²) >= 11 is 0. The molecule has 0 fully saturated rings. The van der Waals surface area contributed by atoms with E-state index >= 15 is 0 Å². The van der Waals surface area contributed by atoms with Gasteiger partial charge in [-0.3, -0.25) is 0 Å². The van der Waals surface area contributed by atoms with Crippen LogP contribution < -0.4 is 0 Å². The Balaban J connectivity index is 0.000000143. The zero-order chi connectivity index (χ0) is 64.9. The van der Waals surface area contributed by atoms with E-state index in [9.17, 15) is 0 Å². The minimum atomic E-state index is 1.22. The van der Waals surface area contributed by atoms with Crippen molar-refractivity contribution in [2.75, 3.05) is 0 Å². The molecule has 19 aromatic rings. The summed E-state index contributed by atoms with van der Waals surface area (Å²) in [6, 6.07) is 142. The quantitative estimate of drug-likeness (QED) is 0.126. The SMILES string of the molecule is c1ccc(-c2ccccc2-c2c3ccccc3c(-c3c4ccccc4c(-c4ccccc4-c4ccccc4)c4ccccc34)c3ccccc23)cc1.c1ccc2cc(-c3ccc(-c4c5ccccc5c(-c5ccc(-c6cccc7ccccc67)cc5)c5ccccc45)cc3)ccc2c1. The van der Waals surface area contributed by atoms with Gasteiger partial charge in [0.05, 0.1) is 0 Å². The average Bonchev–Trinajstić information content (AvgIpc) is 0.715. The highest BCUT2D eigenvalue weighted by molar-refractivity contribution is 6.31. The zero-order valence-electron chi connectivity index (χ0n) is 54.0. The second kappa shape index (κ2) is 24.9. The fraction of sp³-hybridized carbons (Fsp3) is 0. The van der Waals surface area contributed by atoms with Gasteiger partial charge in [0.2, 0.25) is 0 Å². The molecule has 0 nitrogen and oxygen atoms in total. The van der Waals surface area contributed by atoms with Crippen molar-refractivity contribution in [3.8, 4) is 100 Å². The lowest BCUT2D eigenvalue weighted by Crippen LogP contribution is -1.96. The van der Waals surface area contributed by atoms with E-state index in [0.717, 1.165) is 0 Å². The van der Waals surface area contributed by atoms with Crippen LogP contribution in [0.4, 0.5) is 0 Å². The Morgan fingerprint density at radius 1 is 0.102 bits per heavy atom. The standard InChI is InChI=1S/C52H34.C46H30/c1-3-19-35(20-4-1)37-23-7-9-25-39(37)49-41-27-11-15-31-45(41)51(46-32-16-12-28-42(46)49)52-47-33-17-13-29-43(47)50(44-30-14-18-34-48(44)52)40-26-10-8-24-38(40)36-21-5-2-6-22-36;1-2-12-37-30-38(29-22-31(37)10-1)32-20-25-35(26-21-32)45-41-15-5-7-17-43(41)46(44-18-8-6-16-42(44)45)36-27-23-34(24-28-36)40-19-9-13-33-11-3-4-14-39(33)40/h1-34H;1-30H. The van der Waals surface area contributed by atoms with Crippen molar-refractivity contribution in [2.24, 2.45) is 0 Å². The molecule has 0 aromatic heterocycles. The molecule has 98 heavy (non-hydrogen) atoms. The first-order valence-electron chi connectivity index (χ1n) is 34.0. The van der Waals surface area contributed by atoms with E-state index in [2.05, 4.69) is 388 Å². The van der Waals surface area contributed by atoms with Crippen LogP contribution in [-0.2, 0) is 0 Å². The molecular formula is C98H64. The Labute approximate surface area is 570 Å². The molecule has 0 aliphatic heterocycles. The predicted octanol–water partition coefficient (Wildman–Crippen LogP) is 27.6. The van der Waals surface area contributed by atoms with Gasteiger partial charge < -0.3 is 0 Å². The van der Waals surface area contributed by atoms with Crippen LogP contribution >= 0.6 is 0 Å². The highest BCUT2D eigenvalue weighted by Crippen LogP contribution is 2.52. The van der Waals surface area contributed by atoms with E-state index in [1.165, 1.54) is 186 Å². The summed E-state index contributed by atoms with van der Waals surface area (Å²) in [4.78, 5) is 0. The second-order valence-electron chi connectivity index (χ2n) is 25.6. The van der Waals surface area contributed by atoms with Crippen molar-refractivity contribution in [1.29, 1.82) is 0 Å². The third kappa shape index (κ3) is 10.1. The zero-order valence-corrected chi connectivity index (χ0v) is 54.0. The molecule has 0 saturated carbocycles. The first-order valence-corrected chi connectivity index (χ1v) is 34.0. The number of rotatable bonds is 9. The molecule has 456 valence electrons. The molecule has 0 atom stereocenters. The Morgan fingerprint density at radius 2 is 0.357 bits per heavy atom. The van der Waals surface area contributed by atoms with Gasteiger partial charge in [-0.2, -0.15) is 0 Å². The highest BCUT2D eigenvalue weighted by Gasteiger charge is 2.25. The van der Waals surface area contributed by atoms with Crippen molar-refractivity contribution in [3.63, 3.8) is 0 Å². The highest BCUT2D eigenvalue weighted by atomic mass is 14.3. The van der Waals surface area contributed by atoms with E-state index < -0.39 is 0 Å². The molecule has 0 N–H and O–H groups in total. The van der Waals surface area contributed by atoms with Gasteiger partial charge in [0, 0.05) is 0 Å². The third-order valence-electron chi connectivity index (χ3n) is 20.1. The van der Waals surface area contributed by atoms with E-state index in [1.807, 2.05) is 0 Å². The van der Waals surface area contributed by atoms with Crippen LogP contribution in [0, 0.1) is 0 Å². The normalized spacial score (nSPS) is 11.5. The van der Waals surface area contributed by atoms with E-state index in [0.29, 0.717) is 0 Å². The maximum absolute atomic E-state index is 2.33. The van der Waals surface area contributed by atoms with Crippen LogP contribution in [-0.4, -0.2) is 0 Å². The van der Waals surface area contributed by atoms with Gasteiger partial charge in [0.1, 0.15) is 0 Å². The molecule has 0 spiro atoms. The molecule has 19 aromatic carbocycles. The summed E-state index contributed by atoms with van der Waals surface area (Å²) in [5.74, 6) is 0. The lowest BCUT2D eigenvalue weighted by atomic mass is 9.79. The monoisotopic (exact) mass is 1240 g/mol. The third-order valence-corrected chi connectivity index (χ3v) is 20.1. The smallest absolute Gasteiger partial charge is 0.00139 e. The Morgan fingerprint density at radius 3 is 0.765 bits per heavy atom. The lowest BCUT2D eigenvalue weighted by Gasteiger charge is -2.23. The molecule has 0 unspecified atom stereocenters. The van der Waals surface area contributed by atoms with Crippen molar-refractivity contribution < 1.29 is 0 Å². The fourth-order valence-electron chi connectivity index (χ4n) is 15.8. The molecule has 19 rings (SSSR count). The van der Waals surface area contributed by atoms with Crippen molar-refractivity contribution in [1.82, 2.24) is 0 Å². The van der Waals surface area contributed by atoms with Gasteiger partial charge >= 0.3 is 0 Å². The van der Waals surface area contributed by atoms with E-state index in [-0.39, 0.29) is 0 Å². The summed E-state index contributed by atoms with van der Waals surface area (Å²) in [7, 11) is 0. The summed E-state index contributed by atoms with van der Waals surface area (Å²) in [6.07, 6.45) is 0. The van der Waals surface area contributed by atoms with Crippen LogP contribution in [0.5, 0.6) is 0 Å². The minimum absolute atomic E-state index is 1.22. The molecule has 0 bridgehead atoms. The summed E-state index contributed by atoms with van der Waals surface area (Å²) in [6.45, 7) is 0. The van der Waals surface area contributed by atoms with E-state index in [1.54, 1.807) is 0 Å². The number of hydrogen-bond acceptors (Lipinski definition) is 0. The van der Waals surface area contributed by atoms with Gasteiger partial charge in [0.25, 0.3) is 0 Å². The number of fused-ring (bicyclic) bond motifs is 8. The Kier molecular flexibility index (Phi) is 14.7. The lowest BCUT2D eigenvalue weighted by molar-refractivity contribution is 1.60. The number of benzene rings is 19. The largest absolute Gasteiger partial charge is 0.0622 e. The predicted molar refractivity (Wildman–Crippen MR) is 422 cm³/mol. The van der Waals surface area contributed by atoms with Crippen molar-refractivity contribution in [3.05, 3.63) is 388 Å². The Hall–Kier alpha value is -12.7.